The van der Waals surface area contributed by atoms with Gasteiger partial charge < -0.3 is 9.84 Å². The van der Waals surface area contributed by atoms with Crippen LogP contribution < -0.4 is 5.32 Å². The van der Waals surface area contributed by atoms with Gasteiger partial charge in [-0.15, -0.1) is 0 Å². The molecule has 1 aromatic rings. The number of allylic oxidation sites excluding steroid dienone is 1. The number of fused-ring (bicyclic) bond motifs is 7. The maximum Gasteiger partial charge on any atom is 0.433 e. The van der Waals surface area contributed by atoms with Gasteiger partial charge in [0, 0.05) is 18.0 Å². The Hall–Kier alpha value is -3.31. The van der Waals surface area contributed by atoms with Gasteiger partial charge in [0.05, 0.1) is 17.3 Å². The van der Waals surface area contributed by atoms with Gasteiger partial charge in [0.1, 0.15) is 11.8 Å². The van der Waals surface area contributed by atoms with Crippen molar-refractivity contribution >= 4 is 29.6 Å². The molecule has 4 fully saturated rings. The number of esters is 1. The molecule has 0 bridgehead atoms. The first-order valence-electron chi connectivity index (χ1n) is 19.3. The molecule has 0 aliphatic heterocycles. The fraction of sp³-hybridized carbons (Fsp3) is 0.756. The van der Waals surface area contributed by atoms with Crippen LogP contribution in [0.5, 0.6) is 0 Å². The van der Waals surface area contributed by atoms with Crippen molar-refractivity contribution < 1.29 is 42.2 Å². The van der Waals surface area contributed by atoms with Crippen molar-refractivity contribution in [1.82, 2.24) is 9.97 Å². The largest absolute Gasteiger partial charge is 0.481 e. The second-order valence-corrected chi connectivity index (χ2v) is 19.2. The number of halogens is 3. The summed E-state index contributed by atoms with van der Waals surface area (Å²) in [6, 6.07) is 0.763. The zero-order valence-corrected chi connectivity index (χ0v) is 32.6. The maximum atomic E-state index is 14.4. The summed E-state index contributed by atoms with van der Waals surface area (Å²) in [5.41, 5.74) is -2.78. The van der Waals surface area contributed by atoms with Gasteiger partial charge >= 0.3 is 18.1 Å². The van der Waals surface area contributed by atoms with Crippen molar-refractivity contribution in [2.75, 3.05) is 5.32 Å². The minimum atomic E-state index is -4.70. The number of ether oxygens (including phenoxy) is 1. The maximum absolute atomic E-state index is 14.4. The van der Waals surface area contributed by atoms with Gasteiger partial charge in [0.2, 0.25) is 11.9 Å². The first kappa shape index (κ1) is 39.4. The Balaban J connectivity index is 1.31. The second kappa shape index (κ2) is 12.6. The normalized spacial score (nSPS) is 36.6. The number of carbonyl (C=O) groups is 4. The van der Waals surface area contributed by atoms with Crippen LogP contribution in [0.2, 0.25) is 0 Å². The molecular formula is C41H56F3N3O6. The highest BCUT2D eigenvalue weighted by molar-refractivity contribution is 6.09. The van der Waals surface area contributed by atoms with Gasteiger partial charge in [-0.3, -0.25) is 24.5 Å². The number of carboxylic acids is 1. The minimum absolute atomic E-state index is 0.00883. The first-order chi connectivity index (χ1) is 24.3. The van der Waals surface area contributed by atoms with Crippen molar-refractivity contribution in [3.63, 3.8) is 0 Å². The fourth-order valence-corrected chi connectivity index (χ4v) is 12.5. The Bertz CT molecular complexity index is 1750. The topological polar surface area (TPSA) is 136 Å². The monoisotopic (exact) mass is 743 g/mol. The lowest BCUT2D eigenvalue weighted by Gasteiger charge is -2.72. The molecule has 6 rings (SSSR count). The highest BCUT2D eigenvalue weighted by Crippen LogP contribution is 2.76. The fourth-order valence-electron chi connectivity index (χ4n) is 12.5. The number of anilines is 1. The van der Waals surface area contributed by atoms with Crippen LogP contribution in [0.4, 0.5) is 19.1 Å². The number of aliphatic carboxylic acids is 1. The van der Waals surface area contributed by atoms with Crippen molar-refractivity contribution in [3.05, 3.63) is 29.1 Å². The van der Waals surface area contributed by atoms with E-state index in [1.165, 1.54) is 13.8 Å². The second-order valence-electron chi connectivity index (χ2n) is 19.2. The predicted octanol–water partition coefficient (Wildman–Crippen LogP) is 8.83. The summed E-state index contributed by atoms with van der Waals surface area (Å²) in [7, 11) is 0. The Morgan fingerprint density at radius 3 is 2.26 bits per heavy atom. The molecule has 9 nitrogen and oxygen atoms in total. The van der Waals surface area contributed by atoms with Crippen LogP contribution in [0.1, 0.15) is 132 Å². The van der Waals surface area contributed by atoms with Crippen LogP contribution >= 0.6 is 0 Å². The molecule has 0 aromatic carbocycles. The molecule has 2 N–H and O–H groups in total. The molecule has 0 unspecified atom stereocenters. The molecule has 1 heterocycles. The molecule has 12 heteroatoms. The molecule has 0 spiro atoms. The number of carboxylic acid groups (broad SMARTS) is 1. The molecule has 1 amide bonds. The van der Waals surface area contributed by atoms with Crippen LogP contribution in [0.25, 0.3) is 0 Å². The Labute approximate surface area is 310 Å². The van der Waals surface area contributed by atoms with E-state index in [-0.39, 0.29) is 64.1 Å². The lowest BCUT2D eigenvalue weighted by atomic mass is 9.33. The van der Waals surface area contributed by atoms with E-state index in [1.54, 1.807) is 0 Å². The number of Topliss-reactive ketones (excluding diaryl/α,β-unsaturated/α-hetero) is 1. The zero-order valence-electron chi connectivity index (χ0n) is 32.6. The van der Waals surface area contributed by atoms with Crippen molar-refractivity contribution in [2.24, 2.45) is 56.2 Å². The van der Waals surface area contributed by atoms with E-state index in [0.717, 1.165) is 49.9 Å². The van der Waals surface area contributed by atoms with E-state index in [2.05, 4.69) is 49.9 Å². The Kier molecular flexibility index (Phi) is 9.37. The third-order valence-corrected chi connectivity index (χ3v) is 15.4. The highest BCUT2D eigenvalue weighted by atomic mass is 19.4. The number of amides is 1. The van der Waals surface area contributed by atoms with Crippen LogP contribution in [0.3, 0.4) is 0 Å². The molecule has 292 valence electrons. The molecule has 0 saturated heterocycles. The van der Waals surface area contributed by atoms with E-state index >= 15 is 0 Å². The average Bonchev–Trinajstić information content (AvgIpc) is 3.35. The van der Waals surface area contributed by atoms with Crippen molar-refractivity contribution in [1.29, 1.82) is 0 Å². The van der Waals surface area contributed by atoms with Crippen molar-refractivity contribution in [2.45, 2.75) is 139 Å². The number of hydrogen-bond acceptors (Lipinski definition) is 7. The lowest BCUT2D eigenvalue weighted by Crippen LogP contribution is -2.66. The van der Waals surface area contributed by atoms with Crippen molar-refractivity contribution in [3.8, 4) is 0 Å². The van der Waals surface area contributed by atoms with Gasteiger partial charge in [-0.25, -0.2) is 9.97 Å². The summed E-state index contributed by atoms with van der Waals surface area (Å²) >= 11 is 0. The van der Waals surface area contributed by atoms with E-state index in [9.17, 15) is 37.5 Å². The van der Waals surface area contributed by atoms with Crippen LogP contribution in [0, 0.1) is 56.2 Å². The molecule has 1 aromatic heterocycles. The summed E-state index contributed by atoms with van der Waals surface area (Å²) in [5, 5.41) is 12.2. The quantitative estimate of drug-likeness (QED) is 0.265. The Morgan fingerprint density at radius 2 is 1.64 bits per heavy atom. The van der Waals surface area contributed by atoms with Gasteiger partial charge in [-0.05, 0) is 122 Å². The number of nitrogens with zero attached hydrogens (tertiary/aromatic N) is 2. The lowest BCUT2D eigenvalue weighted by molar-refractivity contribution is -0.233. The number of aromatic nitrogens is 2. The first-order valence-corrected chi connectivity index (χ1v) is 19.3. The summed E-state index contributed by atoms with van der Waals surface area (Å²) in [4.78, 5) is 60.6. The van der Waals surface area contributed by atoms with Gasteiger partial charge in [0.15, 0.2) is 5.78 Å². The Morgan fingerprint density at radius 1 is 0.962 bits per heavy atom. The van der Waals surface area contributed by atoms with E-state index in [0.29, 0.717) is 30.8 Å². The van der Waals surface area contributed by atoms with Gasteiger partial charge in [-0.2, -0.15) is 13.2 Å². The molecule has 8 atom stereocenters. The van der Waals surface area contributed by atoms with Gasteiger partial charge in [-0.1, -0.05) is 48.5 Å². The van der Waals surface area contributed by atoms with Gasteiger partial charge in [0.25, 0.3) is 0 Å². The van der Waals surface area contributed by atoms with Crippen LogP contribution in [0.15, 0.2) is 23.4 Å². The number of alkyl halides is 3. The minimum Gasteiger partial charge on any atom is -0.481 e. The number of hydrogen-bond donors (Lipinski definition) is 2. The molecule has 5 aliphatic rings. The van der Waals surface area contributed by atoms with Crippen LogP contribution in [-0.2, 0) is 30.1 Å². The highest BCUT2D eigenvalue weighted by Gasteiger charge is 2.71. The van der Waals surface area contributed by atoms with E-state index in [4.69, 9.17) is 4.74 Å². The number of carbonyl (C=O) groups excluding carboxylic acids is 3. The smallest absolute Gasteiger partial charge is 0.433 e. The summed E-state index contributed by atoms with van der Waals surface area (Å²) in [5.74, 6) is -2.12. The molecule has 4 saturated carbocycles. The molecule has 53 heavy (non-hydrogen) atoms. The number of ketones is 1. The standard InChI is InChI=1S/C41H56F3N3O6/c1-22(2)30-24(48)20-40(32(50)47-34-45-19-14-27(46-34)41(42,43)44)18-17-38(8)23(31(30)40)10-11-26-37(7)15-13-28(53-29(49)21-35(3,4)33(51)52)36(5,6)25(37)12-16-39(26,38)9/h14,19,22-23,25-26,28H,10-13,15-18,20-21H2,1-9H3,(H,51,52)(H,45,46,47,50)/t23-,25+,26-,28+,37+,38-,39-,40-/m1/s1. The molecule has 5 aliphatic carbocycles. The number of nitrogens with one attached hydrogen (secondary N) is 1. The summed E-state index contributed by atoms with van der Waals surface area (Å²) in [6.45, 7) is 18.6. The van der Waals surface area contributed by atoms with E-state index in [1.807, 2.05) is 13.8 Å². The third kappa shape index (κ3) is 5.94. The zero-order chi connectivity index (χ0) is 39.3. The predicted molar refractivity (Wildman–Crippen MR) is 191 cm³/mol. The molecule has 0 radical (unpaired) electrons. The SMILES string of the molecule is CC(C)C1=C2[C@H]3CC[C@@H]4[C@@]5(C)CC[C@H](OC(=O)CC(C)(C)C(=O)O)C(C)(C)[C@@H]5CC[C@@]4(C)[C@]3(C)CC[C@@]2(C(=O)Nc2nccc(C(F)(F)F)n2)CC1=O. The average molecular weight is 744 g/mol. The van der Waals surface area contributed by atoms with Crippen LogP contribution in [-0.4, -0.2) is 44.8 Å². The third-order valence-electron chi connectivity index (χ3n) is 15.4. The van der Waals surface area contributed by atoms with E-state index < -0.39 is 46.5 Å². The number of rotatable bonds is 7. The summed E-state index contributed by atoms with van der Waals surface area (Å²) in [6.07, 6.45) is 1.92. The summed E-state index contributed by atoms with van der Waals surface area (Å²) < 4.78 is 46.6. The molecular weight excluding hydrogens is 687 g/mol.